The van der Waals surface area contributed by atoms with Gasteiger partial charge in [0.05, 0.1) is 0 Å². The summed E-state index contributed by atoms with van der Waals surface area (Å²) in [4.78, 5) is 17.3. The van der Waals surface area contributed by atoms with Gasteiger partial charge in [-0.1, -0.05) is 44.2 Å². The molecule has 4 nitrogen and oxygen atoms in total. The summed E-state index contributed by atoms with van der Waals surface area (Å²) in [5.74, 6) is 0.315. The zero-order chi connectivity index (χ0) is 14.5. The van der Waals surface area contributed by atoms with Crippen molar-refractivity contribution >= 4 is 22.4 Å². The number of anilines is 1. The van der Waals surface area contributed by atoms with Gasteiger partial charge in [0.25, 0.3) is 0 Å². The molecule has 20 heavy (non-hydrogen) atoms. The highest BCUT2D eigenvalue weighted by atomic mass is 32.1. The highest BCUT2D eigenvalue weighted by Crippen LogP contribution is 2.25. The average Bonchev–Trinajstić information content (AvgIpc) is 2.88. The molecule has 1 atom stereocenters. The van der Waals surface area contributed by atoms with E-state index < -0.39 is 0 Å². The number of hydrogen-bond donors (Lipinski definition) is 2. The molecule has 5 heteroatoms. The molecule has 0 aliphatic rings. The molecule has 0 saturated carbocycles. The van der Waals surface area contributed by atoms with Gasteiger partial charge in [0, 0.05) is 23.5 Å². The standard InChI is InChI=1S/C15H19N3OS/c1-10(2)13-9-17-15(20-13)18-14(19)8-12(16)11-6-4-3-5-7-11/h3-7,9-10,12H,8,16H2,1-2H3,(H,17,18,19). The maximum atomic E-state index is 12.0. The van der Waals surface area contributed by atoms with Gasteiger partial charge in [-0.15, -0.1) is 11.3 Å². The number of carbonyl (C=O) groups excluding carboxylic acids is 1. The largest absolute Gasteiger partial charge is 0.324 e. The molecule has 2 rings (SSSR count). The van der Waals surface area contributed by atoms with E-state index in [1.165, 1.54) is 11.3 Å². The zero-order valence-electron chi connectivity index (χ0n) is 11.7. The van der Waals surface area contributed by atoms with Gasteiger partial charge in [0.1, 0.15) is 0 Å². The Labute approximate surface area is 123 Å². The minimum absolute atomic E-state index is 0.106. The number of benzene rings is 1. The Morgan fingerprint density at radius 1 is 1.35 bits per heavy atom. The Morgan fingerprint density at radius 3 is 2.65 bits per heavy atom. The summed E-state index contributed by atoms with van der Waals surface area (Å²) in [5.41, 5.74) is 6.99. The Kier molecular flexibility index (Phi) is 4.87. The van der Waals surface area contributed by atoms with E-state index in [0.29, 0.717) is 11.0 Å². The van der Waals surface area contributed by atoms with E-state index in [9.17, 15) is 4.79 Å². The smallest absolute Gasteiger partial charge is 0.228 e. The molecule has 1 aromatic carbocycles. The number of thiazole rings is 1. The van der Waals surface area contributed by atoms with Crippen LogP contribution < -0.4 is 11.1 Å². The second kappa shape index (κ2) is 6.63. The SMILES string of the molecule is CC(C)c1cnc(NC(=O)CC(N)c2ccccc2)s1. The fourth-order valence-corrected chi connectivity index (χ4v) is 2.63. The summed E-state index contributed by atoms with van der Waals surface area (Å²) < 4.78 is 0. The Hall–Kier alpha value is -1.72. The molecule has 2 aromatic rings. The number of carbonyl (C=O) groups is 1. The van der Waals surface area contributed by atoms with Crippen LogP contribution in [0.2, 0.25) is 0 Å². The van der Waals surface area contributed by atoms with Crippen molar-refractivity contribution in [2.24, 2.45) is 5.73 Å². The molecule has 0 bridgehead atoms. The van der Waals surface area contributed by atoms with Crippen LogP contribution in [0.5, 0.6) is 0 Å². The molecule has 0 spiro atoms. The first-order valence-electron chi connectivity index (χ1n) is 6.62. The minimum Gasteiger partial charge on any atom is -0.324 e. The predicted molar refractivity (Wildman–Crippen MR) is 82.8 cm³/mol. The lowest BCUT2D eigenvalue weighted by Gasteiger charge is -2.10. The van der Waals surface area contributed by atoms with E-state index in [4.69, 9.17) is 5.73 Å². The van der Waals surface area contributed by atoms with Crippen LogP contribution in [0.15, 0.2) is 36.5 Å². The molecule has 1 amide bonds. The molecular formula is C15H19N3OS. The molecule has 0 aliphatic heterocycles. The first-order chi connectivity index (χ1) is 9.56. The van der Waals surface area contributed by atoms with Crippen LogP contribution in [-0.4, -0.2) is 10.9 Å². The maximum Gasteiger partial charge on any atom is 0.228 e. The molecular weight excluding hydrogens is 270 g/mol. The molecule has 0 aliphatic carbocycles. The highest BCUT2D eigenvalue weighted by molar-refractivity contribution is 7.15. The predicted octanol–water partition coefficient (Wildman–Crippen LogP) is 3.30. The zero-order valence-corrected chi connectivity index (χ0v) is 12.5. The van der Waals surface area contributed by atoms with Crippen molar-refractivity contribution < 1.29 is 4.79 Å². The van der Waals surface area contributed by atoms with Crippen molar-refractivity contribution in [2.75, 3.05) is 5.32 Å². The lowest BCUT2D eigenvalue weighted by molar-refractivity contribution is -0.116. The third kappa shape index (κ3) is 3.88. The molecule has 0 saturated heterocycles. The summed E-state index contributed by atoms with van der Waals surface area (Å²) in [6, 6.07) is 9.34. The normalized spacial score (nSPS) is 12.4. The molecule has 1 heterocycles. The van der Waals surface area contributed by atoms with E-state index in [1.807, 2.05) is 36.5 Å². The van der Waals surface area contributed by atoms with Gasteiger partial charge in [-0.05, 0) is 11.5 Å². The topological polar surface area (TPSA) is 68.0 Å². The molecule has 0 radical (unpaired) electrons. The van der Waals surface area contributed by atoms with Crippen LogP contribution >= 0.6 is 11.3 Å². The monoisotopic (exact) mass is 289 g/mol. The van der Waals surface area contributed by atoms with Gasteiger partial charge in [-0.3, -0.25) is 4.79 Å². The van der Waals surface area contributed by atoms with Crippen molar-refractivity contribution in [3.8, 4) is 0 Å². The number of amides is 1. The average molecular weight is 289 g/mol. The number of rotatable bonds is 5. The number of nitrogens with two attached hydrogens (primary N) is 1. The van der Waals surface area contributed by atoms with Crippen molar-refractivity contribution in [1.29, 1.82) is 0 Å². The summed E-state index contributed by atoms with van der Waals surface area (Å²) in [6.07, 6.45) is 2.06. The van der Waals surface area contributed by atoms with Crippen molar-refractivity contribution in [3.63, 3.8) is 0 Å². The van der Waals surface area contributed by atoms with Crippen LogP contribution in [0.25, 0.3) is 0 Å². The summed E-state index contributed by atoms with van der Waals surface area (Å²) >= 11 is 1.51. The highest BCUT2D eigenvalue weighted by Gasteiger charge is 2.13. The van der Waals surface area contributed by atoms with Crippen molar-refractivity contribution in [3.05, 3.63) is 47.0 Å². The van der Waals surface area contributed by atoms with E-state index in [2.05, 4.69) is 24.1 Å². The van der Waals surface area contributed by atoms with Gasteiger partial charge < -0.3 is 11.1 Å². The van der Waals surface area contributed by atoms with Crippen LogP contribution in [-0.2, 0) is 4.79 Å². The molecule has 1 unspecified atom stereocenters. The van der Waals surface area contributed by atoms with E-state index in [1.54, 1.807) is 0 Å². The van der Waals surface area contributed by atoms with Gasteiger partial charge in [-0.25, -0.2) is 4.98 Å². The molecule has 3 N–H and O–H groups in total. The van der Waals surface area contributed by atoms with Crippen LogP contribution in [0, 0.1) is 0 Å². The van der Waals surface area contributed by atoms with Gasteiger partial charge in [0.15, 0.2) is 5.13 Å². The van der Waals surface area contributed by atoms with Crippen molar-refractivity contribution in [1.82, 2.24) is 4.98 Å². The summed E-state index contributed by atoms with van der Waals surface area (Å²) in [5, 5.41) is 3.44. The first-order valence-corrected chi connectivity index (χ1v) is 7.44. The third-order valence-corrected chi connectivity index (χ3v) is 4.19. The lowest BCUT2D eigenvalue weighted by atomic mass is 10.0. The lowest BCUT2D eigenvalue weighted by Crippen LogP contribution is -2.20. The molecule has 0 fully saturated rings. The molecule has 106 valence electrons. The second-order valence-electron chi connectivity index (χ2n) is 4.99. The third-order valence-electron chi connectivity index (χ3n) is 2.97. The Balaban J connectivity index is 1.92. The first kappa shape index (κ1) is 14.7. The quantitative estimate of drug-likeness (QED) is 0.887. The van der Waals surface area contributed by atoms with Crippen LogP contribution in [0.4, 0.5) is 5.13 Å². The summed E-state index contributed by atoms with van der Waals surface area (Å²) in [7, 11) is 0. The second-order valence-corrected chi connectivity index (χ2v) is 6.05. The summed E-state index contributed by atoms with van der Waals surface area (Å²) in [6.45, 7) is 4.20. The minimum atomic E-state index is -0.291. The van der Waals surface area contributed by atoms with E-state index >= 15 is 0 Å². The number of aromatic nitrogens is 1. The Morgan fingerprint density at radius 2 is 2.05 bits per heavy atom. The van der Waals surface area contributed by atoms with Crippen molar-refractivity contribution in [2.45, 2.75) is 32.2 Å². The van der Waals surface area contributed by atoms with E-state index in [-0.39, 0.29) is 18.4 Å². The van der Waals surface area contributed by atoms with Gasteiger partial charge in [0.2, 0.25) is 5.91 Å². The van der Waals surface area contributed by atoms with Gasteiger partial charge in [-0.2, -0.15) is 0 Å². The van der Waals surface area contributed by atoms with Gasteiger partial charge >= 0.3 is 0 Å². The van der Waals surface area contributed by atoms with Crippen LogP contribution in [0.1, 0.15) is 42.7 Å². The molecule has 1 aromatic heterocycles. The number of nitrogens with zero attached hydrogens (tertiary/aromatic N) is 1. The maximum absolute atomic E-state index is 12.0. The fourth-order valence-electron chi connectivity index (χ4n) is 1.80. The fraction of sp³-hybridized carbons (Fsp3) is 0.333. The Bertz CT molecular complexity index is 566. The van der Waals surface area contributed by atoms with E-state index in [0.717, 1.165) is 10.4 Å². The number of nitrogens with one attached hydrogen (secondary N) is 1. The number of hydrogen-bond acceptors (Lipinski definition) is 4. The van der Waals surface area contributed by atoms with Crippen LogP contribution in [0.3, 0.4) is 0 Å².